The number of nitrogens with zero attached hydrogens (tertiary/aromatic N) is 6. The zero-order valence-corrected chi connectivity index (χ0v) is 14.0. The number of aromatic nitrogens is 4. The third kappa shape index (κ3) is 3.13. The maximum atomic E-state index is 10.2. The number of ether oxygens (including phenoxy) is 1. The Kier molecular flexibility index (Phi) is 4.49. The highest BCUT2D eigenvalue weighted by Gasteiger charge is 2.44. The van der Waals surface area contributed by atoms with Crippen molar-refractivity contribution in [1.29, 1.82) is 0 Å². The maximum absolute atomic E-state index is 10.2. The van der Waals surface area contributed by atoms with Gasteiger partial charge in [0.1, 0.15) is 23.8 Å². The summed E-state index contributed by atoms with van der Waals surface area (Å²) in [6, 6.07) is 9.05. The molecular formula is C16H17N7O4. The van der Waals surface area contributed by atoms with Crippen molar-refractivity contribution in [1.82, 2.24) is 19.5 Å². The second kappa shape index (κ2) is 6.96. The van der Waals surface area contributed by atoms with E-state index < -0.39 is 31.1 Å². The summed E-state index contributed by atoms with van der Waals surface area (Å²) in [5.41, 5.74) is 7.11. The Morgan fingerprint density at radius 2 is 1.89 bits per heavy atom. The van der Waals surface area contributed by atoms with Gasteiger partial charge < -0.3 is 25.8 Å². The first kappa shape index (κ1) is 17.4. The van der Waals surface area contributed by atoms with Crippen LogP contribution >= 0.6 is 0 Å². The van der Waals surface area contributed by atoms with Gasteiger partial charge in [0.05, 0.1) is 18.6 Å². The molecule has 0 spiro atoms. The van der Waals surface area contributed by atoms with Gasteiger partial charge in [0.15, 0.2) is 17.7 Å². The average molecular weight is 371 g/mol. The van der Waals surface area contributed by atoms with Gasteiger partial charge in [-0.25, -0.2) is 4.98 Å². The van der Waals surface area contributed by atoms with Crippen LogP contribution in [0.25, 0.3) is 11.2 Å². The van der Waals surface area contributed by atoms with E-state index in [1.165, 1.54) is 10.9 Å². The topological polar surface area (TPSA) is 164 Å². The minimum Gasteiger partial charge on any atom is -0.394 e. The molecule has 11 nitrogen and oxygen atoms in total. The van der Waals surface area contributed by atoms with Crippen LogP contribution in [0, 0.1) is 0 Å². The van der Waals surface area contributed by atoms with Crippen LogP contribution in [-0.4, -0.2) is 59.8 Å². The predicted molar refractivity (Wildman–Crippen MR) is 93.4 cm³/mol. The molecule has 4 atom stereocenters. The van der Waals surface area contributed by atoms with Crippen LogP contribution in [0.2, 0.25) is 0 Å². The maximum Gasteiger partial charge on any atom is 0.272 e. The fraction of sp³-hybridized carbons (Fsp3) is 0.312. The zero-order valence-electron chi connectivity index (χ0n) is 14.0. The molecule has 3 heterocycles. The van der Waals surface area contributed by atoms with Gasteiger partial charge in [0.2, 0.25) is 0 Å². The molecule has 1 fully saturated rings. The third-order valence-corrected chi connectivity index (χ3v) is 4.24. The standard InChI is InChI=1S/C16H17N7O4/c17-13-10-14(20-16(19-13)22-21-8-4-2-1-3-5-8)23(7-18-10)15-12(26)11(25)9(6-24)27-15/h1-5,7,9,11-12,15,24-26H,6H2,(H2,17,19,20)/t9-,11-,12-,15-/m1/s1. The summed E-state index contributed by atoms with van der Waals surface area (Å²) in [5.74, 6) is 0.102. The van der Waals surface area contributed by atoms with Crippen molar-refractivity contribution in [2.24, 2.45) is 10.2 Å². The van der Waals surface area contributed by atoms with Crippen LogP contribution in [0.4, 0.5) is 17.5 Å². The molecule has 0 radical (unpaired) electrons. The van der Waals surface area contributed by atoms with E-state index in [1.54, 1.807) is 12.1 Å². The van der Waals surface area contributed by atoms with E-state index in [4.69, 9.17) is 10.5 Å². The Balaban J connectivity index is 1.71. The van der Waals surface area contributed by atoms with Crippen LogP contribution in [0.3, 0.4) is 0 Å². The van der Waals surface area contributed by atoms with Crippen molar-refractivity contribution < 1.29 is 20.1 Å². The molecule has 1 aliphatic rings. The van der Waals surface area contributed by atoms with E-state index in [2.05, 4.69) is 25.2 Å². The molecule has 140 valence electrons. The first-order valence-corrected chi connectivity index (χ1v) is 8.18. The molecule has 1 aromatic carbocycles. The van der Waals surface area contributed by atoms with Gasteiger partial charge in [0, 0.05) is 0 Å². The van der Waals surface area contributed by atoms with Gasteiger partial charge in [0.25, 0.3) is 5.95 Å². The summed E-state index contributed by atoms with van der Waals surface area (Å²) in [4.78, 5) is 12.5. The quantitative estimate of drug-likeness (QED) is 0.480. The minimum atomic E-state index is -1.27. The van der Waals surface area contributed by atoms with E-state index in [-0.39, 0.29) is 17.4 Å². The lowest BCUT2D eigenvalue weighted by Crippen LogP contribution is -2.33. The molecule has 0 amide bonds. The number of nitrogens with two attached hydrogens (primary N) is 1. The molecule has 1 aliphatic heterocycles. The van der Waals surface area contributed by atoms with Crippen LogP contribution in [0.5, 0.6) is 0 Å². The lowest BCUT2D eigenvalue weighted by Gasteiger charge is -2.16. The van der Waals surface area contributed by atoms with Gasteiger partial charge in [-0.3, -0.25) is 4.57 Å². The molecule has 3 aromatic rings. The molecule has 0 saturated carbocycles. The summed E-state index contributed by atoms with van der Waals surface area (Å²) < 4.78 is 6.93. The Labute approximate surface area is 152 Å². The van der Waals surface area contributed by atoms with Crippen molar-refractivity contribution in [3.05, 3.63) is 36.7 Å². The number of aliphatic hydroxyl groups excluding tert-OH is 3. The number of imidazole rings is 1. The fourth-order valence-corrected chi connectivity index (χ4v) is 2.86. The second-order valence-corrected chi connectivity index (χ2v) is 6.00. The highest BCUT2D eigenvalue weighted by Crippen LogP contribution is 2.32. The first-order chi connectivity index (χ1) is 13.1. The van der Waals surface area contributed by atoms with Crippen molar-refractivity contribution >= 4 is 28.6 Å². The summed E-state index contributed by atoms with van der Waals surface area (Å²) in [7, 11) is 0. The van der Waals surface area contributed by atoms with Crippen LogP contribution in [-0.2, 0) is 4.74 Å². The second-order valence-electron chi connectivity index (χ2n) is 6.00. The Morgan fingerprint density at radius 3 is 2.59 bits per heavy atom. The lowest BCUT2D eigenvalue weighted by molar-refractivity contribution is -0.0511. The average Bonchev–Trinajstić information content (AvgIpc) is 3.23. The molecule has 1 saturated heterocycles. The van der Waals surface area contributed by atoms with Crippen molar-refractivity contribution in [3.8, 4) is 0 Å². The van der Waals surface area contributed by atoms with Gasteiger partial charge in [-0.15, -0.1) is 10.2 Å². The summed E-state index contributed by atoms with van der Waals surface area (Å²) >= 11 is 0. The summed E-state index contributed by atoms with van der Waals surface area (Å²) in [5, 5.41) is 37.5. The summed E-state index contributed by atoms with van der Waals surface area (Å²) in [6.45, 7) is -0.435. The van der Waals surface area contributed by atoms with Gasteiger partial charge in [-0.1, -0.05) is 18.2 Å². The number of nitrogen functional groups attached to an aromatic ring is 1. The number of hydrogen-bond donors (Lipinski definition) is 4. The van der Waals surface area contributed by atoms with E-state index in [0.29, 0.717) is 11.2 Å². The molecule has 2 aromatic heterocycles. The number of rotatable bonds is 4. The minimum absolute atomic E-state index is 0.0114. The third-order valence-electron chi connectivity index (χ3n) is 4.24. The Bertz CT molecular complexity index is 978. The highest BCUT2D eigenvalue weighted by molar-refractivity contribution is 5.82. The van der Waals surface area contributed by atoms with Crippen molar-refractivity contribution in [2.45, 2.75) is 24.5 Å². The van der Waals surface area contributed by atoms with E-state index in [1.807, 2.05) is 18.2 Å². The molecule has 4 rings (SSSR count). The molecule has 5 N–H and O–H groups in total. The molecule has 0 unspecified atom stereocenters. The molecular weight excluding hydrogens is 354 g/mol. The number of benzene rings is 1. The number of aliphatic hydroxyl groups is 3. The SMILES string of the molecule is Nc1nc(N=Nc2ccccc2)nc2c1ncn2[C@@H]1O[C@H](CO)[C@@H](O)[C@H]1O. The van der Waals surface area contributed by atoms with Gasteiger partial charge >= 0.3 is 0 Å². The first-order valence-electron chi connectivity index (χ1n) is 8.18. The Hall–Kier alpha value is -2.99. The molecule has 0 bridgehead atoms. The molecule has 11 heteroatoms. The predicted octanol–water partition coefficient (Wildman–Crippen LogP) is 0.435. The van der Waals surface area contributed by atoms with E-state index >= 15 is 0 Å². The highest BCUT2D eigenvalue weighted by atomic mass is 16.6. The summed E-state index contributed by atoms with van der Waals surface area (Å²) in [6.07, 6.45) is -3.05. The van der Waals surface area contributed by atoms with Crippen LogP contribution in [0.1, 0.15) is 6.23 Å². The van der Waals surface area contributed by atoms with Crippen molar-refractivity contribution in [3.63, 3.8) is 0 Å². The van der Waals surface area contributed by atoms with E-state index in [0.717, 1.165) is 0 Å². The number of azo groups is 1. The lowest BCUT2D eigenvalue weighted by atomic mass is 10.1. The smallest absolute Gasteiger partial charge is 0.272 e. The largest absolute Gasteiger partial charge is 0.394 e. The number of anilines is 1. The normalized spacial score (nSPS) is 25.6. The molecule has 0 aliphatic carbocycles. The fourth-order valence-electron chi connectivity index (χ4n) is 2.86. The Morgan fingerprint density at radius 1 is 1.11 bits per heavy atom. The molecule has 27 heavy (non-hydrogen) atoms. The van der Waals surface area contributed by atoms with Gasteiger partial charge in [-0.2, -0.15) is 9.97 Å². The number of hydrogen-bond acceptors (Lipinski definition) is 10. The van der Waals surface area contributed by atoms with Crippen LogP contribution in [0.15, 0.2) is 46.9 Å². The van der Waals surface area contributed by atoms with Crippen LogP contribution < -0.4 is 5.73 Å². The van der Waals surface area contributed by atoms with Gasteiger partial charge in [-0.05, 0) is 12.1 Å². The van der Waals surface area contributed by atoms with Crippen molar-refractivity contribution in [2.75, 3.05) is 12.3 Å². The monoisotopic (exact) mass is 371 g/mol. The number of fused-ring (bicyclic) bond motifs is 1. The zero-order chi connectivity index (χ0) is 19.0. The van der Waals surface area contributed by atoms with E-state index in [9.17, 15) is 15.3 Å².